The van der Waals surface area contributed by atoms with E-state index < -0.39 is 0 Å². The first-order chi connectivity index (χ1) is 10.8. The van der Waals surface area contributed by atoms with Crippen molar-refractivity contribution < 1.29 is 14.3 Å². The zero-order chi connectivity index (χ0) is 15.2. The Morgan fingerprint density at radius 2 is 2.18 bits per heavy atom. The Morgan fingerprint density at radius 1 is 1.32 bits per heavy atom. The van der Waals surface area contributed by atoms with E-state index in [1.54, 1.807) is 18.6 Å². The van der Waals surface area contributed by atoms with E-state index in [-0.39, 0.29) is 5.91 Å². The van der Waals surface area contributed by atoms with Crippen molar-refractivity contribution in [2.45, 2.75) is 6.42 Å². The van der Waals surface area contributed by atoms with E-state index in [4.69, 9.17) is 9.47 Å². The van der Waals surface area contributed by atoms with Crippen LogP contribution in [0, 0.1) is 5.92 Å². The van der Waals surface area contributed by atoms with Gasteiger partial charge in [-0.15, -0.1) is 0 Å². The number of carbonyl (C=O) groups excluding carboxylic acids is 1. The first-order valence-corrected chi connectivity index (χ1v) is 7.78. The number of morpholine rings is 1. The number of amides is 1. The van der Waals surface area contributed by atoms with Gasteiger partial charge >= 0.3 is 0 Å². The first kappa shape index (κ1) is 15.2. The van der Waals surface area contributed by atoms with Crippen LogP contribution >= 0.6 is 0 Å². The fraction of sp³-hybridized carbons (Fsp3) is 0.667. The van der Waals surface area contributed by atoms with Crippen molar-refractivity contribution in [3.63, 3.8) is 0 Å². The maximum atomic E-state index is 12.2. The lowest BCUT2D eigenvalue weighted by molar-refractivity contribution is -0.136. The van der Waals surface area contributed by atoms with Gasteiger partial charge in [0.25, 0.3) is 0 Å². The Balaban J connectivity index is 1.39. The highest BCUT2D eigenvalue weighted by molar-refractivity contribution is 5.78. The number of rotatable bonds is 5. The Kier molecular flexibility index (Phi) is 5.18. The molecule has 1 aromatic rings. The van der Waals surface area contributed by atoms with Crippen LogP contribution in [0.4, 0.5) is 0 Å². The largest absolute Gasteiger partial charge is 0.476 e. The quantitative estimate of drug-likeness (QED) is 0.765. The zero-order valence-electron chi connectivity index (χ0n) is 12.7. The maximum Gasteiger partial charge on any atom is 0.236 e. The topological polar surface area (TPSA) is 67.8 Å². The van der Waals surface area contributed by atoms with Crippen molar-refractivity contribution in [2.75, 3.05) is 52.5 Å². The second-order valence-electron chi connectivity index (χ2n) is 5.74. The predicted molar refractivity (Wildman–Crippen MR) is 79.5 cm³/mol. The minimum atomic E-state index is 0.207. The van der Waals surface area contributed by atoms with Crippen LogP contribution in [0.15, 0.2) is 18.6 Å². The van der Waals surface area contributed by atoms with Crippen molar-refractivity contribution in [3.8, 4) is 5.88 Å². The Bertz CT molecular complexity index is 479. The van der Waals surface area contributed by atoms with Crippen LogP contribution in [0.1, 0.15) is 6.42 Å². The summed E-state index contributed by atoms with van der Waals surface area (Å²) in [5.41, 5.74) is 0. The predicted octanol–water partition coefficient (Wildman–Crippen LogP) is 0.0361. The molecule has 2 aliphatic rings. The molecule has 1 unspecified atom stereocenters. The van der Waals surface area contributed by atoms with Gasteiger partial charge in [-0.05, 0) is 13.0 Å². The third-order valence-electron chi connectivity index (χ3n) is 4.10. The van der Waals surface area contributed by atoms with E-state index >= 15 is 0 Å². The second kappa shape index (κ2) is 7.51. The van der Waals surface area contributed by atoms with Crippen LogP contribution in [0.3, 0.4) is 0 Å². The average molecular weight is 306 g/mol. The number of hydrogen-bond acceptors (Lipinski definition) is 6. The Hall–Kier alpha value is -1.73. The van der Waals surface area contributed by atoms with Crippen molar-refractivity contribution in [3.05, 3.63) is 18.6 Å². The summed E-state index contributed by atoms with van der Waals surface area (Å²) in [5, 5.41) is 0. The Labute approximate surface area is 130 Å². The molecule has 0 aliphatic carbocycles. The van der Waals surface area contributed by atoms with Gasteiger partial charge in [0.15, 0.2) is 0 Å². The minimum absolute atomic E-state index is 0.207. The molecule has 2 fully saturated rings. The molecular weight excluding hydrogens is 284 g/mol. The minimum Gasteiger partial charge on any atom is -0.476 e. The van der Waals surface area contributed by atoms with E-state index in [2.05, 4.69) is 14.9 Å². The summed E-state index contributed by atoms with van der Waals surface area (Å²) in [6.45, 7) is 5.71. The van der Waals surface area contributed by atoms with Crippen LogP contribution in [0.5, 0.6) is 5.88 Å². The highest BCUT2D eigenvalue weighted by Gasteiger charge is 2.26. The fourth-order valence-electron chi connectivity index (χ4n) is 2.86. The first-order valence-electron chi connectivity index (χ1n) is 7.78. The molecule has 1 amide bonds. The smallest absolute Gasteiger partial charge is 0.236 e. The van der Waals surface area contributed by atoms with E-state index in [0.717, 1.165) is 19.5 Å². The third kappa shape index (κ3) is 4.14. The lowest BCUT2D eigenvalue weighted by atomic mass is 10.1. The summed E-state index contributed by atoms with van der Waals surface area (Å²) in [6, 6.07) is 0. The zero-order valence-corrected chi connectivity index (χ0v) is 12.7. The van der Waals surface area contributed by atoms with Crippen LogP contribution in [0.25, 0.3) is 0 Å². The molecule has 3 heterocycles. The van der Waals surface area contributed by atoms with Gasteiger partial charge in [-0.2, -0.15) is 0 Å². The van der Waals surface area contributed by atoms with Crippen molar-refractivity contribution in [1.82, 2.24) is 19.8 Å². The summed E-state index contributed by atoms with van der Waals surface area (Å²) in [6.07, 6.45) is 5.92. The van der Waals surface area contributed by atoms with Gasteiger partial charge in [0.05, 0.1) is 32.6 Å². The molecule has 0 aromatic carbocycles. The highest BCUT2D eigenvalue weighted by Crippen LogP contribution is 2.17. The van der Waals surface area contributed by atoms with Crippen LogP contribution in [-0.2, 0) is 9.53 Å². The molecule has 1 aromatic heterocycles. The van der Waals surface area contributed by atoms with E-state index in [1.165, 1.54) is 0 Å². The van der Waals surface area contributed by atoms with Gasteiger partial charge < -0.3 is 14.4 Å². The van der Waals surface area contributed by atoms with Crippen molar-refractivity contribution in [1.29, 1.82) is 0 Å². The number of aromatic nitrogens is 2. The van der Waals surface area contributed by atoms with Gasteiger partial charge in [-0.3, -0.25) is 14.7 Å². The Morgan fingerprint density at radius 3 is 2.95 bits per heavy atom. The highest BCUT2D eigenvalue weighted by atomic mass is 16.5. The molecule has 0 bridgehead atoms. The maximum absolute atomic E-state index is 12.2. The molecular formula is C15H22N4O3. The summed E-state index contributed by atoms with van der Waals surface area (Å²) in [7, 11) is 0. The summed E-state index contributed by atoms with van der Waals surface area (Å²) in [5.74, 6) is 1.21. The lowest BCUT2D eigenvalue weighted by Crippen LogP contribution is -2.45. The average Bonchev–Trinajstić information content (AvgIpc) is 3.02. The standard InChI is InChI=1S/C15H22N4O3/c20-15(19-5-7-21-8-6-19)11-18-4-1-13(10-18)12-22-14-9-16-2-3-17-14/h2-3,9,13H,1,4-8,10-12H2. The molecule has 2 saturated heterocycles. The second-order valence-corrected chi connectivity index (χ2v) is 5.74. The molecule has 2 aliphatic heterocycles. The molecule has 0 radical (unpaired) electrons. The number of likely N-dealkylation sites (tertiary alicyclic amines) is 1. The van der Waals surface area contributed by atoms with Gasteiger partial charge in [-0.25, -0.2) is 4.98 Å². The molecule has 120 valence electrons. The van der Waals surface area contributed by atoms with E-state index in [0.29, 0.717) is 51.3 Å². The van der Waals surface area contributed by atoms with Gasteiger partial charge in [-0.1, -0.05) is 0 Å². The lowest BCUT2D eigenvalue weighted by Gasteiger charge is -2.28. The van der Waals surface area contributed by atoms with E-state index in [9.17, 15) is 4.79 Å². The van der Waals surface area contributed by atoms with Crippen molar-refractivity contribution in [2.24, 2.45) is 5.92 Å². The molecule has 22 heavy (non-hydrogen) atoms. The monoisotopic (exact) mass is 306 g/mol. The SMILES string of the molecule is O=C(CN1CCC(COc2cnccn2)C1)N1CCOCC1. The van der Waals surface area contributed by atoms with Gasteiger partial charge in [0.1, 0.15) is 0 Å². The van der Waals surface area contributed by atoms with E-state index in [1.807, 2.05) is 4.90 Å². The molecule has 7 heteroatoms. The van der Waals surface area contributed by atoms with Crippen LogP contribution < -0.4 is 4.74 Å². The molecule has 0 spiro atoms. The van der Waals surface area contributed by atoms with Crippen LogP contribution in [0.2, 0.25) is 0 Å². The number of nitrogens with zero attached hydrogens (tertiary/aromatic N) is 4. The molecule has 7 nitrogen and oxygen atoms in total. The number of carbonyl (C=O) groups is 1. The number of ether oxygens (including phenoxy) is 2. The summed E-state index contributed by atoms with van der Waals surface area (Å²) >= 11 is 0. The molecule has 3 rings (SSSR count). The van der Waals surface area contributed by atoms with Gasteiger partial charge in [0.2, 0.25) is 11.8 Å². The van der Waals surface area contributed by atoms with Gasteiger partial charge in [0, 0.05) is 37.9 Å². The molecule has 0 saturated carbocycles. The molecule has 1 atom stereocenters. The third-order valence-corrected chi connectivity index (χ3v) is 4.10. The molecule has 0 N–H and O–H groups in total. The van der Waals surface area contributed by atoms with Crippen LogP contribution in [-0.4, -0.2) is 78.2 Å². The normalized spacial score (nSPS) is 22.7. The fourth-order valence-corrected chi connectivity index (χ4v) is 2.86. The summed E-state index contributed by atoms with van der Waals surface area (Å²) < 4.78 is 10.9. The van der Waals surface area contributed by atoms with Crippen molar-refractivity contribution >= 4 is 5.91 Å². The number of hydrogen-bond donors (Lipinski definition) is 0. The summed E-state index contributed by atoms with van der Waals surface area (Å²) in [4.78, 5) is 24.4.